The molecule has 0 aromatic heterocycles. The van der Waals surface area contributed by atoms with Crippen LogP contribution in [0.2, 0.25) is 0 Å². The lowest BCUT2D eigenvalue weighted by molar-refractivity contribution is -0.139. The predicted octanol–water partition coefficient (Wildman–Crippen LogP) is 0.674. The predicted molar refractivity (Wildman–Crippen MR) is 78.8 cm³/mol. The smallest absolute Gasteiger partial charge is 0.326 e. The molecule has 120 valence electrons. The van der Waals surface area contributed by atoms with Crippen LogP contribution in [0.5, 0.6) is 0 Å². The molecule has 0 saturated heterocycles. The van der Waals surface area contributed by atoms with Crippen molar-refractivity contribution in [1.29, 1.82) is 0 Å². The standard InChI is InChI=1S/C13H22N2O5S/c1-21(19,20)9-7-11(12(16)17)15-13(18)14-8-6-10-4-2-3-5-10/h4,11H,2-3,5-9H2,1H3,(H,16,17)(H2,14,15,18). The van der Waals surface area contributed by atoms with Crippen LogP contribution in [0, 0.1) is 0 Å². The lowest BCUT2D eigenvalue weighted by Crippen LogP contribution is -2.46. The summed E-state index contributed by atoms with van der Waals surface area (Å²) in [4.78, 5) is 22.6. The minimum absolute atomic E-state index is 0.146. The van der Waals surface area contributed by atoms with E-state index in [-0.39, 0.29) is 12.2 Å². The van der Waals surface area contributed by atoms with Gasteiger partial charge in [0, 0.05) is 12.8 Å². The van der Waals surface area contributed by atoms with Gasteiger partial charge in [0.2, 0.25) is 0 Å². The zero-order valence-electron chi connectivity index (χ0n) is 12.1. The van der Waals surface area contributed by atoms with E-state index in [1.165, 1.54) is 5.57 Å². The van der Waals surface area contributed by atoms with Crippen molar-refractivity contribution in [2.24, 2.45) is 0 Å². The Hall–Kier alpha value is -1.57. The number of carboxylic acid groups (broad SMARTS) is 1. The number of carbonyl (C=O) groups excluding carboxylic acids is 1. The van der Waals surface area contributed by atoms with Crippen molar-refractivity contribution in [2.45, 2.75) is 38.1 Å². The van der Waals surface area contributed by atoms with Crippen molar-refractivity contribution in [1.82, 2.24) is 10.6 Å². The SMILES string of the molecule is CS(=O)(=O)CCC(NC(=O)NCCC1=CCCC1)C(=O)O. The van der Waals surface area contributed by atoms with Crippen molar-refractivity contribution in [3.63, 3.8) is 0 Å². The second-order valence-electron chi connectivity index (χ2n) is 5.21. The first-order chi connectivity index (χ1) is 9.78. The quantitative estimate of drug-likeness (QED) is 0.569. The third-order valence-corrected chi connectivity index (χ3v) is 4.22. The normalized spacial score (nSPS) is 16.1. The summed E-state index contributed by atoms with van der Waals surface area (Å²) in [6.45, 7) is 0.441. The molecule has 1 aliphatic carbocycles. The average Bonchev–Trinajstić information content (AvgIpc) is 2.86. The van der Waals surface area contributed by atoms with Crippen LogP contribution in [0.25, 0.3) is 0 Å². The highest BCUT2D eigenvalue weighted by atomic mass is 32.2. The van der Waals surface area contributed by atoms with Crippen LogP contribution in [0.1, 0.15) is 32.1 Å². The second kappa shape index (κ2) is 8.02. The van der Waals surface area contributed by atoms with Gasteiger partial charge in [-0.15, -0.1) is 0 Å². The Labute approximate surface area is 124 Å². The minimum Gasteiger partial charge on any atom is -0.480 e. The van der Waals surface area contributed by atoms with Gasteiger partial charge in [-0.1, -0.05) is 11.6 Å². The molecule has 1 atom stereocenters. The third-order valence-electron chi connectivity index (χ3n) is 3.25. The number of hydrogen-bond donors (Lipinski definition) is 3. The molecule has 21 heavy (non-hydrogen) atoms. The molecule has 3 N–H and O–H groups in total. The zero-order chi connectivity index (χ0) is 15.9. The van der Waals surface area contributed by atoms with Gasteiger partial charge in [0.15, 0.2) is 0 Å². The number of carboxylic acids is 1. The maximum atomic E-state index is 11.6. The number of amides is 2. The number of hydrogen-bond acceptors (Lipinski definition) is 4. The molecule has 0 aromatic carbocycles. The molecule has 0 saturated carbocycles. The summed E-state index contributed by atoms with van der Waals surface area (Å²) in [7, 11) is -3.26. The highest BCUT2D eigenvalue weighted by molar-refractivity contribution is 7.90. The summed E-state index contributed by atoms with van der Waals surface area (Å²) in [5.41, 5.74) is 1.31. The van der Waals surface area contributed by atoms with Crippen LogP contribution in [-0.2, 0) is 14.6 Å². The van der Waals surface area contributed by atoms with E-state index in [1.54, 1.807) is 0 Å². The first-order valence-electron chi connectivity index (χ1n) is 6.91. The molecule has 2 amide bonds. The van der Waals surface area contributed by atoms with Crippen molar-refractivity contribution < 1.29 is 23.1 Å². The molecule has 0 spiro atoms. The molecule has 0 bridgehead atoms. The molecule has 0 fully saturated rings. The Bertz CT molecular complexity index is 513. The Morgan fingerprint density at radius 2 is 2.14 bits per heavy atom. The van der Waals surface area contributed by atoms with Gasteiger partial charge < -0.3 is 15.7 Å². The van der Waals surface area contributed by atoms with Crippen molar-refractivity contribution >= 4 is 21.8 Å². The topological polar surface area (TPSA) is 113 Å². The van der Waals surface area contributed by atoms with Crippen molar-refractivity contribution in [2.75, 3.05) is 18.6 Å². The summed E-state index contributed by atoms with van der Waals surface area (Å²) in [6.07, 6.45) is 7.08. The number of rotatable bonds is 8. The van der Waals surface area contributed by atoms with Crippen LogP contribution in [-0.4, -0.2) is 50.1 Å². The number of allylic oxidation sites excluding steroid dienone is 1. The molecule has 1 unspecified atom stereocenters. The van der Waals surface area contributed by atoms with Gasteiger partial charge in [-0.3, -0.25) is 0 Å². The monoisotopic (exact) mass is 318 g/mol. The molecule has 1 rings (SSSR count). The number of urea groups is 1. The molecular weight excluding hydrogens is 296 g/mol. The average molecular weight is 318 g/mol. The minimum atomic E-state index is -3.26. The lowest BCUT2D eigenvalue weighted by atomic mass is 10.2. The molecule has 0 aliphatic heterocycles. The first-order valence-corrected chi connectivity index (χ1v) is 8.97. The summed E-state index contributed by atoms with van der Waals surface area (Å²) < 4.78 is 22.1. The van der Waals surface area contributed by atoms with Crippen LogP contribution in [0.15, 0.2) is 11.6 Å². The zero-order valence-corrected chi connectivity index (χ0v) is 12.9. The number of nitrogens with one attached hydrogen (secondary N) is 2. The third kappa shape index (κ3) is 7.69. The van der Waals surface area contributed by atoms with Gasteiger partial charge in [0.05, 0.1) is 5.75 Å². The fourth-order valence-electron chi connectivity index (χ4n) is 2.10. The fraction of sp³-hybridized carbons (Fsp3) is 0.692. The Morgan fingerprint density at radius 3 is 2.67 bits per heavy atom. The molecule has 8 heteroatoms. The maximum absolute atomic E-state index is 11.6. The summed E-state index contributed by atoms with van der Waals surface area (Å²) >= 11 is 0. The van der Waals surface area contributed by atoms with Crippen molar-refractivity contribution in [3.8, 4) is 0 Å². The van der Waals surface area contributed by atoms with Gasteiger partial charge in [0.1, 0.15) is 15.9 Å². The van der Waals surface area contributed by atoms with E-state index in [9.17, 15) is 18.0 Å². The van der Waals surface area contributed by atoms with Crippen molar-refractivity contribution in [3.05, 3.63) is 11.6 Å². The van der Waals surface area contributed by atoms with Gasteiger partial charge in [-0.05, 0) is 32.1 Å². The van der Waals surface area contributed by atoms with Crippen LogP contribution in [0.3, 0.4) is 0 Å². The van der Waals surface area contributed by atoms with E-state index in [4.69, 9.17) is 5.11 Å². The van der Waals surface area contributed by atoms with Crippen LogP contribution in [0.4, 0.5) is 4.79 Å². The summed E-state index contributed by atoms with van der Waals surface area (Å²) in [5, 5.41) is 13.8. The molecule has 7 nitrogen and oxygen atoms in total. The lowest BCUT2D eigenvalue weighted by Gasteiger charge is -2.14. The van der Waals surface area contributed by atoms with Gasteiger partial charge in [-0.25, -0.2) is 18.0 Å². The van der Waals surface area contributed by atoms with Gasteiger partial charge in [0.25, 0.3) is 0 Å². The van der Waals surface area contributed by atoms with E-state index < -0.39 is 27.9 Å². The van der Waals surface area contributed by atoms with Gasteiger partial charge >= 0.3 is 12.0 Å². The number of aliphatic carboxylic acids is 1. The maximum Gasteiger partial charge on any atom is 0.326 e. The Morgan fingerprint density at radius 1 is 1.43 bits per heavy atom. The summed E-state index contributed by atoms with van der Waals surface area (Å²) in [5.74, 6) is -1.52. The van der Waals surface area contributed by atoms with Gasteiger partial charge in [-0.2, -0.15) is 0 Å². The Kier molecular flexibility index (Phi) is 6.67. The molecule has 1 aliphatic rings. The molecule has 0 aromatic rings. The first kappa shape index (κ1) is 17.5. The second-order valence-corrected chi connectivity index (χ2v) is 7.47. The molecule has 0 radical (unpaired) electrons. The number of carbonyl (C=O) groups is 2. The molecular formula is C13H22N2O5S. The summed E-state index contributed by atoms with van der Waals surface area (Å²) in [6, 6.07) is -1.79. The Balaban J connectivity index is 2.32. The van der Waals surface area contributed by atoms with Crippen LogP contribution < -0.4 is 10.6 Å². The number of sulfone groups is 1. The highest BCUT2D eigenvalue weighted by Gasteiger charge is 2.21. The molecule has 0 heterocycles. The van der Waals surface area contributed by atoms with E-state index >= 15 is 0 Å². The largest absolute Gasteiger partial charge is 0.480 e. The highest BCUT2D eigenvalue weighted by Crippen LogP contribution is 2.19. The fourth-order valence-corrected chi connectivity index (χ4v) is 2.76. The van der Waals surface area contributed by atoms with E-state index in [0.29, 0.717) is 6.54 Å². The van der Waals surface area contributed by atoms with Crippen LogP contribution >= 0.6 is 0 Å². The van der Waals surface area contributed by atoms with E-state index in [1.807, 2.05) is 0 Å². The van der Waals surface area contributed by atoms with E-state index in [2.05, 4.69) is 16.7 Å². The van der Waals surface area contributed by atoms with E-state index in [0.717, 1.165) is 31.9 Å².